The fourth-order valence-corrected chi connectivity index (χ4v) is 2.05. The van der Waals surface area contributed by atoms with Gasteiger partial charge in [-0.3, -0.25) is 25.8 Å². The number of rotatable bonds is 7. The summed E-state index contributed by atoms with van der Waals surface area (Å²) in [6.07, 6.45) is -1.13. The Morgan fingerprint density at radius 3 is 2.61 bits per heavy atom. The molecule has 0 saturated heterocycles. The number of hydrazine groups is 1. The summed E-state index contributed by atoms with van der Waals surface area (Å²) in [6.45, 7) is 2.93. The topological polar surface area (TPSA) is 105 Å². The molecular formula is C15H22ClN3O4. The van der Waals surface area contributed by atoms with Crippen molar-refractivity contribution >= 4 is 23.4 Å². The normalized spacial score (nSPS) is 13.1. The molecule has 0 heterocycles. The second-order valence-electron chi connectivity index (χ2n) is 5.06. The SMILES string of the molecule is CC(=O)NN(CCCC(O)C(N)Oc1ccccc1Cl)C(C)=O. The third-order valence-corrected chi connectivity index (χ3v) is 3.35. The molecule has 2 amide bonds. The van der Waals surface area contributed by atoms with Crippen LogP contribution >= 0.6 is 11.6 Å². The lowest BCUT2D eigenvalue weighted by Crippen LogP contribution is -2.45. The molecule has 7 nitrogen and oxygen atoms in total. The van der Waals surface area contributed by atoms with Crippen molar-refractivity contribution in [3.8, 4) is 5.75 Å². The summed E-state index contributed by atoms with van der Waals surface area (Å²) in [7, 11) is 0. The van der Waals surface area contributed by atoms with Gasteiger partial charge in [0.2, 0.25) is 11.8 Å². The molecule has 0 aromatic heterocycles. The van der Waals surface area contributed by atoms with Crippen molar-refractivity contribution in [1.29, 1.82) is 0 Å². The molecule has 0 aliphatic rings. The van der Waals surface area contributed by atoms with Crippen molar-refractivity contribution in [3.63, 3.8) is 0 Å². The van der Waals surface area contributed by atoms with E-state index in [1.807, 2.05) is 0 Å². The molecule has 8 heteroatoms. The number of carbonyl (C=O) groups excluding carboxylic acids is 2. The maximum absolute atomic E-state index is 11.4. The van der Waals surface area contributed by atoms with Crippen molar-refractivity contribution in [3.05, 3.63) is 29.3 Å². The van der Waals surface area contributed by atoms with E-state index in [9.17, 15) is 14.7 Å². The lowest BCUT2D eigenvalue weighted by molar-refractivity contribution is -0.139. The third-order valence-electron chi connectivity index (χ3n) is 3.03. The van der Waals surface area contributed by atoms with Crippen LogP contribution in [0.2, 0.25) is 5.02 Å². The number of nitrogens with one attached hydrogen (secondary N) is 1. The van der Waals surface area contributed by atoms with Gasteiger partial charge < -0.3 is 9.84 Å². The van der Waals surface area contributed by atoms with E-state index in [1.165, 1.54) is 18.9 Å². The van der Waals surface area contributed by atoms with Crippen LogP contribution in [0.1, 0.15) is 26.7 Å². The molecule has 0 saturated carbocycles. The minimum Gasteiger partial charge on any atom is -0.471 e. The first-order chi connectivity index (χ1) is 10.8. The Hall–Kier alpha value is -1.83. The molecular weight excluding hydrogens is 322 g/mol. The fourth-order valence-electron chi connectivity index (χ4n) is 1.87. The van der Waals surface area contributed by atoms with Crippen LogP contribution in [-0.4, -0.2) is 40.8 Å². The Morgan fingerprint density at radius 2 is 2.04 bits per heavy atom. The molecule has 1 aromatic carbocycles. The molecule has 128 valence electrons. The average Bonchev–Trinajstić information content (AvgIpc) is 2.47. The quantitative estimate of drug-likeness (QED) is 0.507. The van der Waals surface area contributed by atoms with Gasteiger partial charge in [-0.05, 0) is 25.0 Å². The van der Waals surface area contributed by atoms with Gasteiger partial charge in [0.25, 0.3) is 0 Å². The number of nitrogens with two attached hydrogens (primary N) is 1. The Labute approximate surface area is 140 Å². The van der Waals surface area contributed by atoms with Crippen LogP contribution in [-0.2, 0) is 9.59 Å². The molecule has 4 N–H and O–H groups in total. The number of ether oxygens (including phenoxy) is 1. The van der Waals surface area contributed by atoms with Crippen LogP contribution in [0.4, 0.5) is 0 Å². The molecule has 1 rings (SSSR count). The molecule has 0 aliphatic heterocycles. The molecule has 2 atom stereocenters. The number of aliphatic hydroxyl groups excluding tert-OH is 1. The number of para-hydroxylation sites is 1. The number of halogens is 1. The summed E-state index contributed by atoms with van der Waals surface area (Å²) in [5, 5.41) is 11.6. The Kier molecular flexibility index (Phi) is 7.80. The zero-order chi connectivity index (χ0) is 17.4. The molecule has 0 radical (unpaired) electrons. The van der Waals surface area contributed by atoms with Gasteiger partial charge in [-0.15, -0.1) is 0 Å². The predicted molar refractivity (Wildman–Crippen MR) is 86.5 cm³/mol. The largest absolute Gasteiger partial charge is 0.471 e. The molecule has 1 aromatic rings. The number of hydrogen-bond acceptors (Lipinski definition) is 5. The standard InChI is InChI=1S/C15H22ClN3O4/c1-10(20)18-19(11(2)21)9-5-7-13(22)15(17)23-14-8-4-3-6-12(14)16/h3-4,6,8,13,15,22H,5,7,9,17H2,1-2H3,(H,18,20). The number of benzene rings is 1. The van der Waals surface area contributed by atoms with Crippen LogP contribution in [0.3, 0.4) is 0 Å². The summed E-state index contributed by atoms with van der Waals surface area (Å²) < 4.78 is 5.42. The average molecular weight is 344 g/mol. The van der Waals surface area contributed by atoms with E-state index in [4.69, 9.17) is 22.1 Å². The van der Waals surface area contributed by atoms with Crippen LogP contribution in [0.25, 0.3) is 0 Å². The lowest BCUT2D eigenvalue weighted by Gasteiger charge is -2.23. The Bertz CT molecular complexity index is 541. The smallest absolute Gasteiger partial charge is 0.237 e. The number of hydrogen-bond donors (Lipinski definition) is 3. The molecule has 0 aliphatic carbocycles. The number of amides is 2. The summed E-state index contributed by atoms with van der Waals surface area (Å²) >= 11 is 5.96. The highest BCUT2D eigenvalue weighted by Crippen LogP contribution is 2.24. The van der Waals surface area contributed by atoms with Gasteiger partial charge in [-0.25, -0.2) is 0 Å². The lowest BCUT2D eigenvalue weighted by atomic mass is 10.1. The molecule has 0 spiro atoms. The van der Waals surface area contributed by atoms with E-state index in [2.05, 4.69) is 5.43 Å². The minimum atomic E-state index is -0.943. The van der Waals surface area contributed by atoms with Gasteiger partial charge in [-0.2, -0.15) is 0 Å². The monoisotopic (exact) mass is 343 g/mol. The highest BCUT2D eigenvalue weighted by molar-refractivity contribution is 6.32. The van der Waals surface area contributed by atoms with Gasteiger partial charge in [0.05, 0.1) is 5.02 Å². The van der Waals surface area contributed by atoms with Crippen LogP contribution < -0.4 is 15.9 Å². The van der Waals surface area contributed by atoms with E-state index >= 15 is 0 Å². The number of aliphatic hydroxyl groups is 1. The third kappa shape index (κ3) is 6.85. The van der Waals surface area contributed by atoms with E-state index in [-0.39, 0.29) is 18.4 Å². The molecule has 0 fully saturated rings. The summed E-state index contributed by atoms with van der Waals surface area (Å²) in [4.78, 5) is 22.3. The minimum absolute atomic E-state index is 0.269. The van der Waals surface area contributed by atoms with Crippen molar-refractivity contribution in [2.24, 2.45) is 5.73 Å². The molecule has 0 bridgehead atoms. The second kappa shape index (κ2) is 9.34. The zero-order valence-corrected chi connectivity index (χ0v) is 13.9. The first-order valence-electron chi connectivity index (χ1n) is 7.21. The van der Waals surface area contributed by atoms with E-state index < -0.39 is 12.3 Å². The highest BCUT2D eigenvalue weighted by Gasteiger charge is 2.18. The van der Waals surface area contributed by atoms with Crippen molar-refractivity contribution in [2.45, 2.75) is 39.0 Å². The van der Waals surface area contributed by atoms with Crippen molar-refractivity contribution in [2.75, 3.05) is 6.54 Å². The first-order valence-corrected chi connectivity index (χ1v) is 7.59. The summed E-state index contributed by atoms with van der Waals surface area (Å²) in [6, 6.07) is 6.82. The van der Waals surface area contributed by atoms with E-state index in [1.54, 1.807) is 24.3 Å². The maximum atomic E-state index is 11.4. The number of nitrogens with zero attached hydrogens (tertiary/aromatic N) is 1. The second-order valence-corrected chi connectivity index (χ2v) is 5.47. The predicted octanol–water partition coefficient (Wildman–Crippen LogP) is 1.04. The molecule has 2 unspecified atom stereocenters. The Balaban J connectivity index is 2.43. The molecule has 23 heavy (non-hydrogen) atoms. The van der Waals surface area contributed by atoms with Crippen LogP contribution in [0, 0.1) is 0 Å². The van der Waals surface area contributed by atoms with Crippen LogP contribution in [0.5, 0.6) is 5.75 Å². The fraction of sp³-hybridized carbons (Fsp3) is 0.467. The Morgan fingerprint density at radius 1 is 1.39 bits per heavy atom. The van der Waals surface area contributed by atoms with Gasteiger partial charge >= 0.3 is 0 Å². The maximum Gasteiger partial charge on any atom is 0.237 e. The number of carbonyl (C=O) groups is 2. The summed E-state index contributed by atoms with van der Waals surface area (Å²) in [5.74, 6) is -0.227. The van der Waals surface area contributed by atoms with E-state index in [0.29, 0.717) is 23.6 Å². The summed E-state index contributed by atoms with van der Waals surface area (Å²) in [5.41, 5.74) is 8.21. The first kappa shape index (κ1) is 19.2. The van der Waals surface area contributed by atoms with E-state index in [0.717, 1.165) is 0 Å². The van der Waals surface area contributed by atoms with Crippen LogP contribution in [0.15, 0.2) is 24.3 Å². The van der Waals surface area contributed by atoms with Gasteiger partial charge in [0.1, 0.15) is 11.9 Å². The van der Waals surface area contributed by atoms with Crippen molar-refractivity contribution in [1.82, 2.24) is 10.4 Å². The van der Waals surface area contributed by atoms with Gasteiger partial charge in [0.15, 0.2) is 6.23 Å². The van der Waals surface area contributed by atoms with Gasteiger partial charge in [-0.1, -0.05) is 23.7 Å². The highest BCUT2D eigenvalue weighted by atomic mass is 35.5. The van der Waals surface area contributed by atoms with Crippen molar-refractivity contribution < 1.29 is 19.4 Å². The van der Waals surface area contributed by atoms with Gasteiger partial charge in [0, 0.05) is 20.4 Å². The zero-order valence-electron chi connectivity index (χ0n) is 13.2.